The maximum atomic E-state index is 10.6. The first-order valence-electron chi connectivity index (χ1n) is 5.43. The Morgan fingerprint density at radius 1 is 1.56 bits per heavy atom. The van der Waals surface area contributed by atoms with E-state index in [4.69, 9.17) is 15.4 Å². The average molecular weight is 278 g/mol. The Labute approximate surface area is 106 Å². The molecule has 0 fully saturated rings. The van der Waals surface area contributed by atoms with Crippen molar-refractivity contribution in [2.75, 3.05) is 36.6 Å². The maximum absolute atomic E-state index is 10.6. The number of likely N-dealkylation sites (N-methyl/N-ethyl adjacent to an activating group) is 1. The van der Waals surface area contributed by atoms with Gasteiger partial charge in [0.25, 0.3) is 10.1 Å². The molecule has 0 aliphatic rings. The third-order valence-electron chi connectivity index (χ3n) is 2.41. The van der Waals surface area contributed by atoms with Crippen LogP contribution in [0.15, 0.2) is 6.20 Å². The van der Waals surface area contributed by atoms with Crippen molar-refractivity contribution in [1.82, 2.24) is 9.78 Å². The Kier molecular flexibility index (Phi) is 4.93. The van der Waals surface area contributed by atoms with Gasteiger partial charge in [0.1, 0.15) is 5.82 Å². The number of aliphatic hydroxyl groups excluding tert-OH is 1. The molecule has 18 heavy (non-hydrogen) atoms. The molecule has 0 radical (unpaired) electrons. The lowest BCUT2D eigenvalue weighted by Crippen LogP contribution is -2.25. The summed E-state index contributed by atoms with van der Waals surface area (Å²) in [5.74, 6) is 0.301. The Morgan fingerprint density at radius 2 is 2.22 bits per heavy atom. The number of aliphatic hydroxyl groups is 1. The number of anilines is 2. The number of nitrogens with zero attached hydrogens (tertiary/aromatic N) is 3. The molecular formula is C9H18N4O4S. The zero-order valence-electron chi connectivity index (χ0n) is 10.2. The van der Waals surface area contributed by atoms with Crippen molar-refractivity contribution >= 4 is 21.6 Å². The molecule has 0 unspecified atom stereocenters. The van der Waals surface area contributed by atoms with E-state index >= 15 is 0 Å². The summed E-state index contributed by atoms with van der Waals surface area (Å²) in [4.78, 5) is 1.73. The molecule has 8 nitrogen and oxygen atoms in total. The standard InChI is InChI=1S/C9H18N4O4S/c1-12(4-5-14)9-8(10)7-11-13(9)3-2-6-18(15,16)17/h7,14H,2-6,10H2,1H3,(H,15,16,17). The predicted octanol–water partition coefficient (Wildman–Crippen LogP) is -0.828. The third-order valence-corrected chi connectivity index (χ3v) is 3.21. The second-order valence-electron chi connectivity index (χ2n) is 3.93. The number of nitrogens with two attached hydrogens (primary N) is 1. The van der Waals surface area contributed by atoms with Gasteiger partial charge in [0.15, 0.2) is 0 Å². The minimum absolute atomic E-state index is 0.0217. The van der Waals surface area contributed by atoms with Crippen LogP contribution in [0.3, 0.4) is 0 Å². The van der Waals surface area contributed by atoms with Crippen LogP contribution in [-0.4, -0.2) is 53.8 Å². The highest BCUT2D eigenvalue weighted by Crippen LogP contribution is 2.21. The first kappa shape index (κ1) is 14.7. The van der Waals surface area contributed by atoms with Crippen LogP contribution >= 0.6 is 0 Å². The zero-order valence-corrected chi connectivity index (χ0v) is 11.0. The monoisotopic (exact) mass is 278 g/mol. The van der Waals surface area contributed by atoms with Crippen LogP contribution in [0.4, 0.5) is 11.5 Å². The summed E-state index contributed by atoms with van der Waals surface area (Å²) in [5, 5.41) is 12.9. The molecule has 0 saturated heterocycles. The van der Waals surface area contributed by atoms with Gasteiger partial charge in [-0.05, 0) is 6.42 Å². The normalized spacial score (nSPS) is 11.7. The molecule has 0 atom stereocenters. The molecular weight excluding hydrogens is 260 g/mol. The van der Waals surface area contributed by atoms with Crippen molar-refractivity contribution in [3.8, 4) is 0 Å². The van der Waals surface area contributed by atoms with Crippen molar-refractivity contribution in [3.63, 3.8) is 0 Å². The fourth-order valence-corrected chi connectivity index (χ4v) is 2.12. The summed E-state index contributed by atoms with van der Waals surface area (Å²) in [6.45, 7) is 0.697. The molecule has 0 amide bonds. The molecule has 0 saturated carbocycles. The van der Waals surface area contributed by atoms with Gasteiger partial charge in [-0.1, -0.05) is 0 Å². The lowest BCUT2D eigenvalue weighted by Gasteiger charge is -2.20. The van der Waals surface area contributed by atoms with Crippen LogP contribution in [0.1, 0.15) is 6.42 Å². The molecule has 0 aliphatic carbocycles. The zero-order chi connectivity index (χ0) is 13.8. The average Bonchev–Trinajstić information content (AvgIpc) is 2.58. The number of aryl methyl sites for hydroxylation is 1. The predicted molar refractivity (Wildman–Crippen MR) is 68.0 cm³/mol. The molecule has 4 N–H and O–H groups in total. The van der Waals surface area contributed by atoms with Crippen LogP contribution in [0.5, 0.6) is 0 Å². The smallest absolute Gasteiger partial charge is 0.264 e. The quantitative estimate of drug-likeness (QED) is 0.556. The molecule has 0 aliphatic heterocycles. The summed E-state index contributed by atoms with van der Waals surface area (Å²) < 4.78 is 31.4. The van der Waals surface area contributed by atoms with Crippen molar-refractivity contribution < 1.29 is 18.1 Å². The summed E-state index contributed by atoms with van der Waals surface area (Å²) in [5.41, 5.74) is 6.21. The molecule has 1 rings (SSSR count). The Hall–Kier alpha value is -1.32. The van der Waals surface area contributed by atoms with E-state index in [1.165, 1.54) is 6.20 Å². The minimum atomic E-state index is -3.96. The van der Waals surface area contributed by atoms with Crippen molar-refractivity contribution in [2.45, 2.75) is 13.0 Å². The Morgan fingerprint density at radius 3 is 2.78 bits per heavy atom. The van der Waals surface area contributed by atoms with E-state index in [1.54, 1.807) is 16.6 Å². The van der Waals surface area contributed by atoms with E-state index < -0.39 is 10.1 Å². The van der Waals surface area contributed by atoms with Crippen LogP contribution < -0.4 is 10.6 Å². The van der Waals surface area contributed by atoms with Gasteiger partial charge in [-0.15, -0.1) is 0 Å². The van der Waals surface area contributed by atoms with Crippen LogP contribution in [0.25, 0.3) is 0 Å². The molecule has 1 aromatic rings. The summed E-state index contributed by atoms with van der Waals surface area (Å²) in [6, 6.07) is 0. The SMILES string of the molecule is CN(CCO)c1c(N)cnn1CCCS(=O)(=O)O. The lowest BCUT2D eigenvalue weighted by atomic mass is 10.4. The van der Waals surface area contributed by atoms with E-state index in [-0.39, 0.29) is 18.8 Å². The topological polar surface area (TPSA) is 122 Å². The third kappa shape index (κ3) is 4.17. The number of hydrogen-bond acceptors (Lipinski definition) is 6. The van der Waals surface area contributed by atoms with Crippen molar-refractivity contribution in [1.29, 1.82) is 0 Å². The summed E-state index contributed by atoms with van der Waals surface area (Å²) in [6.07, 6.45) is 1.70. The second-order valence-corrected chi connectivity index (χ2v) is 5.50. The number of rotatable bonds is 7. The summed E-state index contributed by atoms with van der Waals surface area (Å²) >= 11 is 0. The molecule has 1 aromatic heterocycles. The molecule has 0 aromatic carbocycles. The van der Waals surface area contributed by atoms with Crippen LogP contribution in [-0.2, 0) is 16.7 Å². The minimum Gasteiger partial charge on any atom is -0.395 e. The van der Waals surface area contributed by atoms with Crippen LogP contribution in [0.2, 0.25) is 0 Å². The van der Waals surface area contributed by atoms with E-state index in [2.05, 4.69) is 5.10 Å². The molecule has 104 valence electrons. The molecule has 9 heteroatoms. The lowest BCUT2D eigenvalue weighted by molar-refractivity contribution is 0.303. The Balaban J connectivity index is 2.71. The fourth-order valence-electron chi connectivity index (χ4n) is 1.63. The van der Waals surface area contributed by atoms with Gasteiger partial charge < -0.3 is 15.7 Å². The number of aromatic nitrogens is 2. The van der Waals surface area contributed by atoms with Gasteiger partial charge in [0, 0.05) is 20.1 Å². The van der Waals surface area contributed by atoms with E-state index in [0.717, 1.165) is 0 Å². The van der Waals surface area contributed by atoms with Gasteiger partial charge in [0.05, 0.1) is 24.2 Å². The van der Waals surface area contributed by atoms with Crippen molar-refractivity contribution in [2.24, 2.45) is 0 Å². The first-order chi connectivity index (χ1) is 8.35. The largest absolute Gasteiger partial charge is 0.395 e. The number of nitrogen functional groups attached to an aromatic ring is 1. The van der Waals surface area contributed by atoms with Gasteiger partial charge in [-0.3, -0.25) is 4.55 Å². The highest BCUT2D eigenvalue weighted by atomic mass is 32.2. The Bertz CT molecular complexity index is 485. The second kappa shape index (κ2) is 6.03. The van der Waals surface area contributed by atoms with E-state index in [0.29, 0.717) is 24.6 Å². The van der Waals surface area contributed by atoms with Gasteiger partial charge in [-0.25, -0.2) is 4.68 Å². The maximum Gasteiger partial charge on any atom is 0.264 e. The first-order valence-corrected chi connectivity index (χ1v) is 7.04. The summed E-state index contributed by atoms with van der Waals surface area (Å²) in [7, 11) is -2.20. The van der Waals surface area contributed by atoms with Crippen molar-refractivity contribution in [3.05, 3.63) is 6.20 Å². The van der Waals surface area contributed by atoms with Gasteiger partial charge >= 0.3 is 0 Å². The molecule has 1 heterocycles. The molecule has 0 spiro atoms. The van der Waals surface area contributed by atoms with Gasteiger partial charge in [0.2, 0.25) is 0 Å². The van der Waals surface area contributed by atoms with Crippen LogP contribution in [0, 0.1) is 0 Å². The highest BCUT2D eigenvalue weighted by Gasteiger charge is 2.13. The number of hydrogen-bond donors (Lipinski definition) is 3. The van der Waals surface area contributed by atoms with E-state index in [9.17, 15) is 8.42 Å². The molecule has 0 bridgehead atoms. The van der Waals surface area contributed by atoms with Gasteiger partial charge in [-0.2, -0.15) is 13.5 Å². The highest BCUT2D eigenvalue weighted by molar-refractivity contribution is 7.85. The fraction of sp³-hybridized carbons (Fsp3) is 0.667. The van der Waals surface area contributed by atoms with E-state index in [1.807, 2.05) is 0 Å².